The Morgan fingerprint density at radius 3 is 3.00 bits per heavy atom. The monoisotopic (exact) mass is 194 g/mol. The van der Waals surface area contributed by atoms with Crippen LogP contribution in [-0.2, 0) is 6.54 Å². The molecule has 2 aromatic rings. The number of aromatic nitrogens is 1. The number of hydrogen-bond donors (Lipinski definition) is 1. The molecular formula is C9H10N2OS. The minimum absolute atomic E-state index is 0.425. The summed E-state index contributed by atoms with van der Waals surface area (Å²) in [6.07, 6.45) is 0. The van der Waals surface area contributed by atoms with Crippen LogP contribution in [0.3, 0.4) is 0 Å². The Morgan fingerprint density at radius 1 is 1.62 bits per heavy atom. The zero-order chi connectivity index (χ0) is 9.26. The first kappa shape index (κ1) is 8.47. The van der Waals surface area contributed by atoms with Gasteiger partial charge in [-0.1, -0.05) is 5.16 Å². The first-order valence-electron chi connectivity index (χ1n) is 4.01. The number of nitrogens with two attached hydrogens (primary N) is 1. The van der Waals surface area contributed by atoms with E-state index >= 15 is 0 Å². The SMILES string of the molecule is Cc1ccsc1-c1cc(CN)no1. The van der Waals surface area contributed by atoms with Gasteiger partial charge in [0.25, 0.3) is 0 Å². The van der Waals surface area contributed by atoms with E-state index in [1.54, 1.807) is 11.3 Å². The summed E-state index contributed by atoms with van der Waals surface area (Å²) >= 11 is 1.65. The lowest BCUT2D eigenvalue weighted by Gasteiger charge is -1.89. The van der Waals surface area contributed by atoms with Crippen molar-refractivity contribution in [3.63, 3.8) is 0 Å². The maximum atomic E-state index is 5.44. The first-order valence-corrected chi connectivity index (χ1v) is 4.89. The highest BCUT2D eigenvalue weighted by Gasteiger charge is 2.08. The fourth-order valence-electron chi connectivity index (χ4n) is 1.14. The molecule has 3 nitrogen and oxygen atoms in total. The molecule has 2 heterocycles. The van der Waals surface area contributed by atoms with Gasteiger partial charge in [0, 0.05) is 12.6 Å². The van der Waals surface area contributed by atoms with E-state index in [4.69, 9.17) is 10.3 Å². The molecule has 4 heteroatoms. The second-order valence-corrected chi connectivity index (χ2v) is 3.74. The molecule has 2 aromatic heterocycles. The van der Waals surface area contributed by atoms with E-state index in [1.165, 1.54) is 5.56 Å². The summed E-state index contributed by atoms with van der Waals surface area (Å²) in [4.78, 5) is 1.13. The Hall–Kier alpha value is -1.13. The van der Waals surface area contributed by atoms with E-state index in [0.29, 0.717) is 6.54 Å². The van der Waals surface area contributed by atoms with Crippen molar-refractivity contribution in [3.8, 4) is 10.6 Å². The molecule has 0 aliphatic rings. The summed E-state index contributed by atoms with van der Waals surface area (Å²) in [6, 6.07) is 3.95. The predicted octanol–water partition coefficient (Wildman–Crippen LogP) is 2.17. The van der Waals surface area contributed by atoms with E-state index in [0.717, 1.165) is 16.3 Å². The van der Waals surface area contributed by atoms with Crippen LogP contribution in [0.2, 0.25) is 0 Å². The number of hydrogen-bond acceptors (Lipinski definition) is 4. The highest BCUT2D eigenvalue weighted by molar-refractivity contribution is 7.13. The lowest BCUT2D eigenvalue weighted by atomic mass is 10.2. The number of thiophene rings is 1. The minimum Gasteiger partial charge on any atom is -0.355 e. The minimum atomic E-state index is 0.425. The van der Waals surface area contributed by atoms with E-state index < -0.39 is 0 Å². The van der Waals surface area contributed by atoms with Crippen LogP contribution in [0.1, 0.15) is 11.3 Å². The third-order valence-corrected chi connectivity index (χ3v) is 2.89. The van der Waals surface area contributed by atoms with Crippen molar-refractivity contribution in [2.24, 2.45) is 5.73 Å². The molecule has 0 atom stereocenters. The van der Waals surface area contributed by atoms with Crippen molar-refractivity contribution in [1.82, 2.24) is 5.16 Å². The molecule has 0 aromatic carbocycles. The van der Waals surface area contributed by atoms with Gasteiger partial charge >= 0.3 is 0 Å². The Labute approximate surface area is 80.2 Å². The Morgan fingerprint density at radius 2 is 2.46 bits per heavy atom. The molecule has 2 rings (SSSR count). The normalized spacial score (nSPS) is 10.6. The smallest absolute Gasteiger partial charge is 0.177 e. The molecule has 0 bridgehead atoms. The average Bonchev–Trinajstić information content (AvgIpc) is 2.71. The van der Waals surface area contributed by atoms with Crippen molar-refractivity contribution < 1.29 is 4.52 Å². The summed E-state index contributed by atoms with van der Waals surface area (Å²) < 4.78 is 5.16. The number of aryl methyl sites for hydroxylation is 1. The van der Waals surface area contributed by atoms with Crippen molar-refractivity contribution in [1.29, 1.82) is 0 Å². The fraction of sp³-hybridized carbons (Fsp3) is 0.222. The Balaban J connectivity index is 2.41. The fourth-order valence-corrected chi connectivity index (χ4v) is 2.01. The number of nitrogens with zero attached hydrogens (tertiary/aromatic N) is 1. The molecule has 0 spiro atoms. The molecular weight excluding hydrogens is 184 g/mol. The van der Waals surface area contributed by atoms with Crippen molar-refractivity contribution in [2.45, 2.75) is 13.5 Å². The average molecular weight is 194 g/mol. The highest BCUT2D eigenvalue weighted by atomic mass is 32.1. The summed E-state index contributed by atoms with van der Waals surface area (Å²) in [5.74, 6) is 0.813. The van der Waals surface area contributed by atoms with Crippen molar-refractivity contribution in [3.05, 3.63) is 28.8 Å². The number of rotatable bonds is 2. The van der Waals surface area contributed by atoms with Gasteiger partial charge in [-0.2, -0.15) is 0 Å². The van der Waals surface area contributed by atoms with Crippen molar-refractivity contribution >= 4 is 11.3 Å². The van der Waals surface area contributed by atoms with Gasteiger partial charge in [-0.3, -0.25) is 0 Å². The van der Waals surface area contributed by atoms with Crippen LogP contribution in [0.15, 0.2) is 22.0 Å². The molecule has 0 aliphatic carbocycles. The van der Waals surface area contributed by atoms with Crippen LogP contribution in [0.25, 0.3) is 10.6 Å². The maximum absolute atomic E-state index is 5.44. The van der Waals surface area contributed by atoms with Crippen LogP contribution in [0, 0.1) is 6.92 Å². The molecule has 0 radical (unpaired) electrons. The molecule has 0 fully saturated rings. The van der Waals surface area contributed by atoms with Gasteiger partial charge in [0.05, 0.1) is 10.6 Å². The zero-order valence-electron chi connectivity index (χ0n) is 7.28. The predicted molar refractivity (Wildman–Crippen MR) is 52.4 cm³/mol. The van der Waals surface area contributed by atoms with Gasteiger partial charge < -0.3 is 10.3 Å². The third-order valence-electron chi connectivity index (χ3n) is 1.85. The van der Waals surface area contributed by atoms with Crippen molar-refractivity contribution in [2.75, 3.05) is 0 Å². The van der Waals surface area contributed by atoms with Crippen LogP contribution >= 0.6 is 11.3 Å². The van der Waals surface area contributed by atoms with Crippen LogP contribution in [-0.4, -0.2) is 5.16 Å². The molecule has 68 valence electrons. The van der Waals surface area contributed by atoms with E-state index in [2.05, 4.69) is 18.1 Å². The second-order valence-electron chi connectivity index (χ2n) is 2.82. The van der Waals surface area contributed by atoms with Gasteiger partial charge in [0.2, 0.25) is 0 Å². The standard InChI is InChI=1S/C9H10N2OS/c1-6-2-3-13-9(6)8-4-7(5-10)11-12-8/h2-4H,5,10H2,1H3. The van der Waals surface area contributed by atoms with E-state index in [1.807, 2.05) is 11.4 Å². The Bertz CT molecular complexity index is 405. The summed E-state index contributed by atoms with van der Waals surface area (Å²) in [5, 5.41) is 5.88. The molecule has 0 amide bonds. The highest BCUT2D eigenvalue weighted by Crippen LogP contribution is 2.29. The van der Waals surface area contributed by atoms with Crippen LogP contribution in [0.4, 0.5) is 0 Å². The van der Waals surface area contributed by atoms with Crippen LogP contribution < -0.4 is 5.73 Å². The molecule has 0 unspecified atom stereocenters. The third kappa shape index (κ3) is 1.50. The quantitative estimate of drug-likeness (QED) is 0.797. The molecule has 0 aliphatic heterocycles. The topological polar surface area (TPSA) is 52.0 Å². The van der Waals surface area contributed by atoms with Gasteiger partial charge in [0.15, 0.2) is 5.76 Å². The van der Waals surface area contributed by atoms with Gasteiger partial charge in [-0.25, -0.2) is 0 Å². The van der Waals surface area contributed by atoms with Crippen LogP contribution in [0.5, 0.6) is 0 Å². The lowest BCUT2D eigenvalue weighted by Crippen LogP contribution is -1.94. The molecule has 0 saturated heterocycles. The van der Waals surface area contributed by atoms with E-state index in [9.17, 15) is 0 Å². The van der Waals surface area contributed by atoms with Gasteiger partial charge in [-0.05, 0) is 23.9 Å². The molecule has 0 saturated carbocycles. The summed E-state index contributed by atoms with van der Waals surface area (Å²) in [5.41, 5.74) is 7.44. The summed E-state index contributed by atoms with van der Waals surface area (Å²) in [7, 11) is 0. The largest absolute Gasteiger partial charge is 0.355 e. The Kier molecular flexibility index (Phi) is 2.16. The molecule has 2 N–H and O–H groups in total. The van der Waals surface area contributed by atoms with E-state index in [-0.39, 0.29) is 0 Å². The first-order chi connectivity index (χ1) is 6.31. The van der Waals surface area contributed by atoms with Gasteiger partial charge in [0.1, 0.15) is 0 Å². The summed E-state index contributed by atoms with van der Waals surface area (Å²) in [6.45, 7) is 2.48. The maximum Gasteiger partial charge on any atom is 0.177 e. The molecule has 13 heavy (non-hydrogen) atoms. The van der Waals surface area contributed by atoms with Gasteiger partial charge in [-0.15, -0.1) is 11.3 Å². The lowest BCUT2D eigenvalue weighted by molar-refractivity contribution is 0.424. The second kappa shape index (κ2) is 3.32. The zero-order valence-corrected chi connectivity index (χ0v) is 8.10.